The van der Waals surface area contributed by atoms with Crippen LogP contribution in [-0.4, -0.2) is 12.1 Å². The van der Waals surface area contributed by atoms with Gasteiger partial charge in [0, 0.05) is 12.1 Å². The third kappa shape index (κ3) is 2.82. The molecule has 11 heavy (non-hydrogen) atoms. The standard InChI is InChI=1S/C7H13N.C3H8/c1-2-6-4-5-7(3-1)8-6;1-3-2/h6-8H,1-5H2;3H2,1-2H3. The van der Waals surface area contributed by atoms with Crippen LogP contribution in [0.25, 0.3) is 0 Å². The second-order valence-corrected chi connectivity index (χ2v) is 3.78. The average molecular weight is 155 g/mol. The quantitative estimate of drug-likeness (QED) is 0.567. The molecule has 2 atom stereocenters. The molecular weight excluding hydrogens is 134 g/mol. The van der Waals surface area contributed by atoms with Crippen molar-refractivity contribution >= 4 is 0 Å². The number of hydrogen-bond donors (Lipinski definition) is 1. The van der Waals surface area contributed by atoms with E-state index in [4.69, 9.17) is 0 Å². The van der Waals surface area contributed by atoms with E-state index in [0.717, 1.165) is 12.1 Å². The molecule has 1 N–H and O–H groups in total. The molecular formula is C10H21N. The van der Waals surface area contributed by atoms with E-state index in [9.17, 15) is 0 Å². The summed E-state index contributed by atoms with van der Waals surface area (Å²) in [6.07, 6.45) is 8.50. The molecule has 0 aromatic rings. The molecule has 2 aliphatic heterocycles. The Morgan fingerprint density at radius 1 is 1.00 bits per heavy atom. The third-order valence-electron chi connectivity index (χ3n) is 2.44. The monoisotopic (exact) mass is 155 g/mol. The van der Waals surface area contributed by atoms with Crippen molar-refractivity contribution in [1.82, 2.24) is 5.32 Å². The lowest BCUT2D eigenvalue weighted by Crippen LogP contribution is -2.33. The Kier molecular flexibility index (Phi) is 3.92. The van der Waals surface area contributed by atoms with Gasteiger partial charge in [-0.15, -0.1) is 0 Å². The molecule has 0 aliphatic carbocycles. The number of fused-ring (bicyclic) bond motifs is 2. The van der Waals surface area contributed by atoms with Crippen LogP contribution < -0.4 is 5.32 Å². The van der Waals surface area contributed by atoms with Gasteiger partial charge in [-0.05, 0) is 25.7 Å². The summed E-state index contributed by atoms with van der Waals surface area (Å²) < 4.78 is 0. The Bertz CT molecular complexity index is 87.0. The third-order valence-corrected chi connectivity index (χ3v) is 2.44. The van der Waals surface area contributed by atoms with Gasteiger partial charge >= 0.3 is 0 Å². The van der Waals surface area contributed by atoms with Gasteiger partial charge in [0.25, 0.3) is 0 Å². The highest BCUT2D eigenvalue weighted by molar-refractivity contribution is 4.87. The van der Waals surface area contributed by atoms with Crippen molar-refractivity contribution in [2.75, 3.05) is 0 Å². The Morgan fingerprint density at radius 2 is 1.45 bits per heavy atom. The van der Waals surface area contributed by atoms with Gasteiger partial charge in [0.05, 0.1) is 0 Å². The zero-order valence-corrected chi connectivity index (χ0v) is 7.90. The molecule has 0 aromatic carbocycles. The van der Waals surface area contributed by atoms with Gasteiger partial charge in [0.2, 0.25) is 0 Å². The van der Waals surface area contributed by atoms with E-state index >= 15 is 0 Å². The molecule has 0 aromatic heterocycles. The summed E-state index contributed by atoms with van der Waals surface area (Å²) >= 11 is 0. The van der Waals surface area contributed by atoms with Crippen LogP contribution in [0.4, 0.5) is 0 Å². The van der Waals surface area contributed by atoms with Gasteiger partial charge < -0.3 is 5.32 Å². The molecule has 66 valence electrons. The van der Waals surface area contributed by atoms with E-state index in [2.05, 4.69) is 19.2 Å². The van der Waals surface area contributed by atoms with Gasteiger partial charge in [-0.3, -0.25) is 0 Å². The van der Waals surface area contributed by atoms with Crippen molar-refractivity contribution in [1.29, 1.82) is 0 Å². The summed E-state index contributed by atoms with van der Waals surface area (Å²) in [6, 6.07) is 1.82. The van der Waals surface area contributed by atoms with Crippen LogP contribution in [-0.2, 0) is 0 Å². The van der Waals surface area contributed by atoms with Gasteiger partial charge in [0.1, 0.15) is 0 Å². The Hall–Kier alpha value is -0.0400. The Morgan fingerprint density at radius 3 is 1.82 bits per heavy atom. The molecule has 0 radical (unpaired) electrons. The van der Waals surface area contributed by atoms with Crippen LogP contribution >= 0.6 is 0 Å². The van der Waals surface area contributed by atoms with Crippen LogP contribution in [0.5, 0.6) is 0 Å². The van der Waals surface area contributed by atoms with Crippen LogP contribution in [0.2, 0.25) is 0 Å². The Labute approximate surface area is 70.6 Å². The van der Waals surface area contributed by atoms with Crippen molar-refractivity contribution in [2.24, 2.45) is 0 Å². The fraction of sp³-hybridized carbons (Fsp3) is 1.00. The van der Waals surface area contributed by atoms with E-state index < -0.39 is 0 Å². The van der Waals surface area contributed by atoms with E-state index in [-0.39, 0.29) is 0 Å². The molecule has 2 bridgehead atoms. The van der Waals surface area contributed by atoms with Crippen LogP contribution in [0.1, 0.15) is 52.4 Å². The molecule has 2 fully saturated rings. The maximum atomic E-state index is 3.59. The highest BCUT2D eigenvalue weighted by Gasteiger charge is 2.26. The predicted molar refractivity (Wildman–Crippen MR) is 49.8 cm³/mol. The van der Waals surface area contributed by atoms with Crippen molar-refractivity contribution in [3.8, 4) is 0 Å². The van der Waals surface area contributed by atoms with Crippen molar-refractivity contribution in [3.63, 3.8) is 0 Å². The summed E-state index contributed by atoms with van der Waals surface area (Å²) in [6.45, 7) is 4.25. The normalized spacial score (nSPS) is 34.4. The lowest BCUT2D eigenvalue weighted by atomic mass is 10.1. The first-order valence-electron chi connectivity index (χ1n) is 5.12. The molecule has 2 unspecified atom stereocenters. The number of piperidine rings is 1. The zero-order valence-electron chi connectivity index (χ0n) is 7.90. The minimum atomic E-state index is 0.911. The molecule has 2 heterocycles. The fourth-order valence-electron chi connectivity index (χ4n) is 1.97. The zero-order chi connectivity index (χ0) is 8.10. The van der Waals surface area contributed by atoms with Gasteiger partial charge in [-0.2, -0.15) is 0 Å². The molecule has 0 spiro atoms. The largest absolute Gasteiger partial charge is 0.311 e. The number of hydrogen-bond acceptors (Lipinski definition) is 1. The second-order valence-electron chi connectivity index (χ2n) is 3.78. The summed E-state index contributed by atoms with van der Waals surface area (Å²) in [5.74, 6) is 0. The lowest BCUT2D eigenvalue weighted by molar-refractivity contribution is 0.406. The van der Waals surface area contributed by atoms with Gasteiger partial charge in [-0.25, -0.2) is 0 Å². The fourth-order valence-corrected chi connectivity index (χ4v) is 1.97. The molecule has 2 aliphatic rings. The molecule has 2 rings (SSSR count). The van der Waals surface area contributed by atoms with Crippen molar-refractivity contribution in [2.45, 2.75) is 64.5 Å². The summed E-state index contributed by atoms with van der Waals surface area (Å²) in [5.41, 5.74) is 0. The van der Waals surface area contributed by atoms with E-state index in [1.807, 2.05) is 0 Å². The summed E-state index contributed by atoms with van der Waals surface area (Å²) in [4.78, 5) is 0. The molecule has 0 saturated carbocycles. The minimum Gasteiger partial charge on any atom is -0.311 e. The highest BCUT2D eigenvalue weighted by Crippen LogP contribution is 2.25. The van der Waals surface area contributed by atoms with E-state index in [1.165, 1.54) is 38.5 Å². The first-order valence-corrected chi connectivity index (χ1v) is 5.12. The second kappa shape index (κ2) is 4.76. The number of nitrogens with one attached hydrogen (secondary N) is 1. The highest BCUT2D eigenvalue weighted by atomic mass is 15.0. The van der Waals surface area contributed by atoms with Crippen LogP contribution in [0, 0.1) is 0 Å². The molecule has 1 nitrogen and oxygen atoms in total. The Balaban J connectivity index is 0.000000179. The molecule has 2 saturated heterocycles. The smallest absolute Gasteiger partial charge is 0.00702 e. The van der Waals surface area contributed by atoms with Crippen LogP contribution in [0.15, 0.2) is 0 Å². The topological polar surface area (TPSA) is 12.0 Å². The first-order chi connectivity index (χ1) is 5.36. The van der Waals surface area contributed by atoms with E-state index in [1.54, 1.807) is 0 Å². The van der Waals surface area contributed by atoms with E-state index in [0.29, 0.717) is 0 Å². The van der Waals surface area contributed by atoms with Gasteiger partial charge in [0.15, 0.2) is 0 Å². The number of rotatable bonds is 0. The summed E-state index contributed by atoms with van der Waals surface area (Å²) in [5, 5.41) is 3.59. The minimum absolute atomic E-state index is 0.911. The average Bonchev–Trinajstić information content (AvgIpc) is 2.33. The maximum absolute atomic E-state index is 3.59. The first kappa shape index (κ1) is 9.05. The lowest BCUT2D eigenvalue weighted by Gasteiger charge is -2.19. The SMILES string of the molecule is C1CC2CCC(C1)N2.CCC. The van der Waals surface area contributed by atoms with Crippen LogP contribution in [0.3, 0.4) is 0 Å². The predicted octanol–water partition coefficient (Wildman–Crippen LogP) is 2.71. The van der Waals surface area contributed by atoms with Crippen molar-refractivity contribution in [3.05, 3.63) is 0 Å². The van der Waals surface area contributed by atoms with Crippen molar-refractivity contribution < 1.29 is 0 Å². The molecule has 1 heteroatoms. The maximum Gasteiger partial charge on any atom is 0.00702 e. The molecule has 0 amide bonds. The van der Waals surface area contributed by atoms with Gasteiger partial charge in [-0.1, -0.05) is 26.7 Å². The summed E-state index contributed by atoms with van der Waals surface area (Å²) in [7, 11) is 0.